The predicted molar refractivity (Wildman–Crippen MR) is 83.5 cm³/mol. The first kappa shape index (κ1) is 16.5. The maximum Gasteiger partial charge on any atom is 0.242 e. The van der Waals surface area contributed by atoms with E-state index in [1.165, 1.54) is 0 Å². The van der Waals surface area contributed by atoms with Crippen LogP contribution in [0.25, 0.3) is 0 Å². The molecule has 0 aliphatic heterocycles. The molecule has 0 saturated heterocycles. The Morgan fingerprint density at radius 1 is 1.43 bits per heavy atom. The predicted octanol–water partition coefficient (Wildman–Crippen LogP) is 0.729. The third-order valence-electron chi connectivity index (χ3n) is 4.65. The molecule has 0 aromatic carbocycles. The number of aryl methyl sites for hydroxylation is 1. The molecule has 0 radical (unpaired) electrons. The van der Waals surface area contributed by atoms with Gasteiger partial charge in [0.2, 0.25) is 10.0 Å². The molecule has 3 N–H and O–H groups in total. The van der Waals surface area contributed by atoms with Gasteiger partial charge in [0.1, 0.15) is 0 Å². The molecule has 2 rings (SSSR count). The van der Waals surface area contributed by atoms with Gasteiger partial charge in [-0.25, -0.2) is 13.1 Å². The van der Waals surface area contributed by atoms with Gasteiger partial charge in [0.05, 0.1) is 4.90 Å². The fraction of sp³-hybridized carbons (Fsp3) is 0.714. The van der Waals surface area contributed by atoms with E-state index in [0.29, 0.717) is 24.5 Å². The van der Waals surface area contributed by atoms with Crippen LogP contribution in [0.2, 0.25) is 0 Å². The summed E-state index contributed by atoms with van der Waals surface area (Å²) in [5.74, 6) is 0. The summed E-state index contributed by atoms with van der Waals surface area (Å²) >= 11 is 0. The number of sulfonamides is 1. The van der Waals surface area contributed by atoms with E-state index in [1.807, 2.05) is 25.6 Å². The lowest BCUT2D eigenvalue weighted by molar-refractivity contribution is 0.0657. The van der Waals surface area contributed by atoms with E-state index in [4.69, 9.17) is 5.73 Å². The number of nitrogens with one attached hydrogen (secondary N) is 1. The summed E-state index contributed by atoms with van der Waals surface area (Å²) in [4.78, 5) is 2.43. The average molecular weight is 314 g/mol. The smallest absolute Gasteiger partial charge is 0.242 e. The topological polar surface area (TPSA) is 80.4 Å². The lowest BCUT2D eigenvalue weighted by Crippen LogP contribution is -2.57. The molecule has 0 unspecified atom stereocenters. The Bertz CT molecular complexity index is 567. The Hall–Kier alpha value is -0.890. The lowest BCUT2D eigenvalue weighted by atomic mass is 9.76. The number of rotatable bonds is 7. The van der Waals surface area contributed by atoms with Crippen LogP contribution in [-0.4, -0.2) is 44.1 Å². The molecule has 6 nitrogen and oxygen atoms in total. The van der Waals surface area contributed by atoms with Crippen LogP contribution < -0.4 is 10.5 Å². The van der Waals surface area contributed by atoms with E-state index in [9.17, 15) is 8.42 Å². The maximum atomic E-state index is 12.5. The van der Waals surface area contributed by atoms with Gasteiger partial charge in [-0.2, -0.15) is 0 Å². The highest BCUT2D eigenvalue weighted by molar-refractivity contribution is 7.89. The molecule has 0 atom stereocenters. The molecule has 1 aromatic heterocycles. The van der Waals surface area contributed by atoms with Gasteiger partial charge in [0.25, 0.3) is 0 Å². The van der Waals surface area contributed by atoms with Crippen molar-refractivity contribution in [1.82, 2.24) is 14.2 Å². The van der Waals surface area contributed by atoms with E-state index in [1.54, 1.807) is 12.3 Å². The van der Waals surface area contributed by atoms with Crippen molar-refractivity contribution in [3.8, 4) is 0 Å². The van der Waals surface area contributed by atoms with Gasteiger partial charge in [-0.15, -0.1) is 0 Å². The van der Waals surface area contributed by atoms with Crippen LogP contribution in [0.15, 0.2) is 17.2 Å². The van der Waals surface area contributed by atoms with E-state index >= 15 is 0 Å². The van der Waals surface area contributed by atoms with Crippen molar-refractivity contribution in [3.63, 3.8) is 0 Å². The highest BCUT2D eigenvalue weighted by Gasteiger charge is 2.39. The molecule has 21 heavy (non-hydrogen) atoms. The fourth-order valence-electron chi connectivity index (χ4n) is 2.82. The van der Waals surface area contributed by atoms with Gasteiger partial charge in [-0.05, 0) is 46.3 Å². The van der Waals surface area contributed by atoms with Crippen LogP contribution >= 0.6 is 0 Å². The van der Waals surface area contributed by atoms with Crippen molar-refractivity contribution < 1.29 is 8.42 Å². The van der Waals surface area contributed by atoms with Gasteiger partial charge in [-0.3, -0.25) is 0 Å². The number of nitrogens with two attached hydrogens (primary N) is 1. The van der Waals surface area contributed by atoms with Crippen LogP contribution in [0, 0.1) is 0 Å². The van der Waals surface area contributed by atoms with Crippen molar-refractivity contribution in [2.75, 3.05) is 20.6 Å². The van der Waals surface area contributed by atoms with Crippen molar-refractivity contribution in [2.45, 2.75) is 49.7 Å². The van der Waals surface area contributed by atoms with Gasteiger partial charge in [0.15, 0.2) is 0 Å². The molecule has 1 saturated carbocycles. The first-order chi connectivity index (χ1) is 9.84. The molecule has 1 fully saturated rings. The zero-order valence-electron chi connectivity index (χ0n) is 13.1. The molecule has 120 valence electrons. The van der Waals surface area contributed by atoms with E-state index in [-0.39, 0.29) is 5.54 Å². The van der Waals surface area contributed by atoms with Crippen LogP contribution in [0.4, 0.5) is 0 Å². The molecule has 1 aliphatic rings. The Labute approximate surface area is 127 Å². The Morgan fingerprint density at radius 2 is 2.10 bits per heavy atom. The van der Waals surface area contributed by atoms with Gasteiger partial charge in [-0.1, -0.05) is 0 Å². The van der Waals surface area contributed by atoms with E-state index in [2.05, 4.69) is 9.62 Å². The minimum Gasteiger partial charge on any atom is -0.349 e. The van der Waals surface area contributed by atoms with Crippen LogP contribution in [0.5, 0.6) is 0 Å². The zero-order valence-corrected chi connectivity index (χ0v) is 13.9. The number of hydrogen-bond acceptors (Lipinski definition) is 4. The molecule has 7 heteroatoms. The third kappa shape index (κ3) is 3.15. The SMILES string of the molecule is CCn1cc(S(=O)(=O)NCC2(N(C)C)CCC2)cc1CN. The average Bonchev–Trinajstić information content (AvgIpc) is 2.80. The second-order valence-corrected chi connectivity index (χ2v) is 7.72. The van der Waals surface area contributed by atoms with Crippen LogP contribution in [0.3, 0.4) is 0 Å². The number of aromatic nitrogens is 1. The Morgan fingerprint density at radius 3 is 2.48 bits per heavy atom. The minimum atomic E-state index is -3.48. The summed E-state index contributed by atoms with van der Waals surface area (Å²) in [5, 5.41) is 0. The number of likely N-dealkylation sites (N-methyl/N-ethyl adjacent to an activating group) is 1. The highest BCUT2D eigenvalue weighted by atomic mass is 32.2. The Balaban J connectivity index is 2.13. The molecule has 0 bridgehead atoms. The molecule has 0 spiro atoms. The van der Waals surface area contributed by atoms with Crippen molar-refractivity contribution >= 4 is 10.0 Å². The summed E-state index contributed by atoms with van der Waals surface area (Å²) in [6.45, 7) is 3.48. The first-order valence-electron chi connectivity index (χ1n) is 7.41. The van der Waals surface area contributed by atoms with Crippen molar-refractivity contribution in [1.29, 1.82) is 0 Å². The molecule has 0 amide bonds. The molecular formula is C14H26N4O2S. The van der Waals surface area contributed by atoms with Gasteiger partial charge >= 0.3 is 0 Å². The van der Waals surface area contributed by atoms with Gasteiger partial charge in [0, 0.05) is 37.1 Å². The fourth-order valence-corrected chi connectivity index (χ4v) is 4.00. The monoisotopic (exact) mass is 314 g/mol. The normalized spacial score (nSPS) is 18.0. The maximum absolute atomic E-state index is 12.5. The lowest BCUT2D eigenvalue weighted by Gasteiger charge is -2.47. The Kier molecular flexibility index (Phi) is 4.77. The minimum absolute atomic E-state index is 0.0307. The number of hydrogen-bond donors (Lipinski definition) is 2. The van der Waals surface area contributed by atoms with Crippen LogP contribution in [-0.2, 0) is 23.1 Å². The van der Waals surface area contributed by atoms with E-state index in [0.717, 1.165) is 25.0 Å². The summed E-state index contributed by atoms with van der Waals surface area (Å²) in [6.07, 6.45) is 4.89. The highest BCUT2D eigenvalue weighted by Crippen LogP contribution is 2.35. The summed E-state index contributed by atoms with van der Waals surface area (Å²) in [6, 6.07) is 1.66. The summed E-state index contributed by atoms with van der Waals surface area (Å²) in [5.41, 5.74) is 6.46. The molecule has 1 heterocycles. The van der Waals surface area contributed by atoms with Gasteiger partial charge < -0.3 is 15.2 Å². The standard InChI is InChI=1S/C14H26N4O2S/c1-4-18-10-13(8-12(18)9-15)21(19,20)16-11-14(17(2)3)6-5-7-14/h8,10,16H,4-7,9,11,15H2,1-3H3. The second kappa shape index (κ2) is 6.08. The largest absolute Gasteiger partial charge is 0.349 e. The molecule has 1 aliphatic carbocycles. The van der Waals surface area contributed by atoms with Crippen molar-refractivity contribution in [2.24, 2.45) is 5.73 Å². The molecule has 1 aromatic rings. The zero-order chi connectivity index (χ0) is 15.7. The van der Waals surface area contributed by atoms with Crippen LogP contribution in [0.1, 0.15) is 31.9 Å². The van der Waals surface area contributed by atoms with E-state index < -0.39 is 10.0 Å². The number of nitrogens with zero attached hydrogens (tertiary/aromatic N) is 2. The first-order valence-corrected chi connectivity index (χ1v) is 8.89. The van der Waals surface area contributed by atoms with Crippen molar-refractivity contribution in [3.05, 3.63) is 18.0 Å². The molecular weight excluding hydrogens is 288 g/mol. The quantitative estimate of drug-likeness (QED) is 0.777. The summed E-state index contributed by atoms with van der Waals surface area (Å²) < 4.78 is 29.5. The summed E-state index contributed by atoms with van der Waals surface area (Å²) in [7, 11) is 0.537. The third-order valence-corrected chi connectivity index (χ3v) is 6.01. The second-order valence-electron chi connectivity index (χ2n) is 5.95.